The van der Waals surface area contributed by atoms with Gasteiger partial charge in [-0.3, -0.25) is 43.0 Å². The van der Waals surface area contributed by atoms with Crippen LogP contribution in [-0.4, -0.2) is 135 Å². The Kier molecular flexibility index (Phi) is 23.9. The normalized spacial score (nSPS) is 30.4. The topological polar surface area (TPSA) is 282 Å². The van der Waals surface area contributed by atoms with E-state index in [1.807, 2.05) is 28.7 Å². The Labute approximate surface area is 484 Å². The Morgan fingerprint density at radius 3 is 1.58 bits per heavy atom. The maximum absolute atomic E-state index is 12.2. The Bertz CT molecular complexity index is 2810. The van der Waals surface area contributed by atoms with Gasteiger partial charge in [0, 0.05) is 56.7 Å². The first-order valence-electron chi connectivity index (χ1n) is 28.8. The van der Waals surface area contributed by atoms with Gasteiger partial charge < -0.3 is 42.6 Å². The molecule has 9 heterocycles. The van der Waals surface area contributed by atoms with E-state index in [4.69, 9.17) is 45.5 Å². The first kappa shape index (κ1) is 63.7. The zero-order valence-electron chi connectivity index (χ0n) is 50.2. The molecule has 6 aliphatic rings. The second kappa shape index (κ2) is 29.6. The number of halogens is 1. The van der Waals surface area contributed by atoms with Crippen molar-refractivity contribution in [2.24, 2.45) is 11.8 Å². The Hall–Kier alpha value is -2.87. The molecule has 13 atom stereocenters. The Balaban J connectivity index is 0.000000199. The zero-order valence-corrected chi connectivity index (χ0v) is 54.1. The first-order valence-corrected chi connectivity index (χ1v) is 39.3. The molecule has 3 aromatic rings. The molecule has 0 aliphatic carbocycles. The predicted octanol–water partition coefficient (Wildman–Crippen LogP) is 7.27. The van der Waals surface area contributed by atoms with Gasteiger partial charge in [-0.15, -0.1) is 0 Å². The minimum Gasteiger partial charge on any atom is -0.400 e. The van der Waals surface area contributed by atoms with Crippen LogP contribution < -0.4 is 33.7 Å². The van der Waals surface area contributed by atoms with Crippen LogP contribution in [0.3, 0.4) is 0 Å². The summed E-state index contributed by atoms with van der Waals surface area (Å²) in [6.07, 6.45) is 12.0. The number of aromatic nitrogens is 6. The predicted molar refractivity (Wildman–Crippen MR) is 311 cm³/mol. The van der Waals surface area contributed by atoms with Crippen LogP contribution in [-0.2, 0) is 37.5 Å². The number of hydrogen-bond acceptors (Lipinski definition) is 16. The molecule has 4 N–H and O–H groups in total. The number of hydrogen-bond donors (Lipinski definition) is 4. The molecular formula is C54H87IN7O15PSn. The van der Waals surface area contributed by atoms with Crippen molar-refractivity contribution in [3.63, 3.8) is 0 Å². The standard InChI is InChI=1S/C15H20N3O6P.C13H18N2O4.C12H15IN2O4.3C4H9.CH4O.CH3.Sn/c1-9-7-18(14(20)17-12(9)19)13-10-11(15(2,23-13)8-21-10)24-25(3)22-6-4-5-16;1-4-13-6-18-9(8(13)3)11(19-13)15-5-7(2)10(16)14-12(15)17;1-3-12-5-18-8(6(12)2)10(19-12)15-4-7(13)9(16)14-11(15)17;3*1-3-4-2;1-2;;/h7,10-11,13H,4,6,8H2,1-3H3,(H,17,19,20);5,8-9,11H,4,6H2,1-3H3,(H,14,16,17);4,6,8,10H,3,5H2,1-2H3,(H,14,16,17);3*1,3-4H2,2H3;2H,1H3;1H3;/t10-,11+,13-,15+,25?;8-,9+,11+,13-;6-,8+,10+,12-;;;;;;/m100....../s1/i2D;;;;;;2T;;. The fourth-order valence-electron chi connectivity index (χ4n) is 11.1. The number of nitriles is 1. The summed E-state index contributed by atoms with van der Waals surface area (Å²) in [5, 5.41) is 12.1. The van der Waals surface area contributed by atoms with Gasteiger partial charge in [-0.25, -0.2) is 14.4 Å². The summed E-state index contributed by atoms with van der Waals surface area (Å²) in [6.45, 7) is 21.8. The van der Waals surface area contributed by atoms with Crippen LogP contribution in [0.15, 0.2) is 47.4 Å². The average Bonchev–Trinajstić information content (AvgIpc) is 4.41. The summed E-state index contributed by atoms with van der Waals surface area (Å²) in [5.74, 6) is 0.473. The van der Waals surface area contributed by atoms with E-state index in [0.29, 0.717) is 27.9 Å². The number of aromatic amines is 3. The van der Waals surface area contributed by atoms with Gasteiger partial charge in [-0.05, 0) is 56.2 Å². The van der Waals surface area contributed by atoms with Crippen LogP contribution in [0.1, 0.15) is 144 Å². The summed E-state index contributed by atoms with van der Waals surface area (Å²) in [7, 11) is -0.00894. The molecule has 9 rings (SSSR count). The molecule has 6 aliphatic heterocycles. The third-order valence-corrected chi connectivity index (χ3v) is 31.5. The van der Waals surface area contributed by atoms with Crippen molar-refractivity contribution in [2.45, 2.75) is 205 Å². The largest absolute Gasteiger partial charge is 0.400 e. The van der Waals surface area contributed by atoms with Gasteiger partial charge in [-0.1, -0.05) is 27.7 Å². The van der Waals surface area contributed by atoms with E-state index >= 15 is 0 Å². The maximum atomic E-state index is 12.2. The Morgan fingerprint density at radius 2 is 1.18 bits per heavy atom. The van der Waals surface area contributed by atoms with Crippen molar-refractivity contribution in [3.8, 4) is 6.07 Å². The minimum atomic E-state index is -1.56. The van der Waals surface area contributed by atoms with E-state index in [1.165, 1.54) is 71.7 Å². The number of fused-ring (bicyclic) bond motifs is 6. The quantitative estimate of drug-likeness (QED) is 0.0397. The van der Waals surface area contributed by atoms with Crippen molar-refractivity contribution >= 4 is 49.3 Å². The van der Waals surface area contributed by atoms with Crippen molar-refractivity contribution in [3.05, 3.63) is 95.8 Å². The molecule has 79 heavy (non-hydrogen) atoms. The molecule has 6 saturated heterocycles. The van der Waals surface area contributed by atoms with Gasteiger partial charge in [0.15, 0.2) is 27.1 Å². The van der Waals surface area contributed by atoms with E-state index in [0.717, 1.165) is 12.8 Å². The fraction of sp³-hybridized carbons (Fsp3) is 0.759. The van der Waals surface area contributed by atoms with Crippen molar-refractivity contribution in [1.82, 2.24) is 28.7 Å². The number of aliphatic hydroxyl groups is 1. The molecule has 1 unspecified atom stereocenters. The Morgan fingerprint density at radius 1 is 0.759 bits per heavy atom. The molecule has 25 heteroatoms. The zero-order chi connectivity index (χ0) is 60.0. The minimum absolute atomic E-state index is 0.108. The van der Waals surface area contributed by atoms with E-state index in [-0.39, 0.29) is 72.9 Å². The summed E-state index contributed by atoms with van der Waals surface area (Å²) in [4.78, 5) is 80.0. The molecule has 0 radical (unpaired) electrons. The van der Waals surface area contributed by atoms with Crippen LogP contribution in [0.5, 0.6) is 0 Å². The molecular weight excluding hydrogens is 1260 g/mol. The average molecular weight is 1350 g/mol. The summed E-state index contributed by atoms with van der Waals surface area (Å²) in [5.41, 5.74) is -3.46. The molecule has 6 bridgehead atoms. The first-order chi connectivity index (χ1) is 38.5. The van der Waals surface area contributed by atoms with Crippen LogP contribution in [0.4, 0.5) is 0 Å². The SMILES string of the molecule is CCC[CH2][Sn]([CH3])([CH2]CCC)[CH2]CCC.CC[C@@]12CO[C@@H]([C@H](n3cc(C)c(=O)[nH]c3=O)O1)[C@@H]2C.CC[C@@]12CO[C@@H]([C@H](n3cc(I)c(=O)[nH]c3=O)O1)[C@@H]2C.[2H]C[C@@]12CO[C@@H]([C@H](n3cc(C)c(=O)[nH]c3=O)O1)[C@@H]2OP(C)OCCC#N.[3H]OC. The van der Waals surface area contributed by atoms with Crippen LogP contribution in [0, 0.1) is 40.6 Å². The number of H-pyrrole nitrogens is 3. The summed E-state index contributed by atoms with van der Waals surface area (Å²) in [6, 6.07) is 1.99. The third-order valence-electron chi connectivity index (χ3n) is 16.3. The van der Waals surface area contributed by atoms with Gasteiger partial charge in [0.2, 0.25) is 1.43 Å². The van der Waals surface area contributed by atoms with Gasteiger partial charge in [0.25, 0.3) is 16.7 Å². The molecule has 0 spiro atoms. The second-order valence-electron chi connectivity index (χ2n) is 21.8. The number of aryl methyl sites for hydroxylation is 2. The summed E-state index contributed by atoms with van der Waals surface area (Å²) >= 11 is 0.338. The molecule has 0 saturated carbocycles. The van der Waals surface area contributed by atoms with Crippen molar-refractivity contribution in [1.29, 1.82) is 6.69 Å². The second-order valence-corrected chi connectivity index (χ2v) is 38.9. The van der Waals surface area contributed by atoms with Gasteiger partial charge >= 0.3 is 113 Å². The monoisotopic (exact) mass is 1350 g/mol. The van der Waals surface area contributed by atoms with E-state index < -0.39 is 85.9 Å². The van der Waals surface area contributed by atoms with Crippen LogP contribution >= 0.6 is 31.0 Å². The number of nitrogens with zero attached hydrogens (tertiary/aromatic N) is 4. The number of nitrogens with one attached hydrogen (secondary N) is 3. The van der Waals surface area contributed by atoms with Crippen molar-refractivity contribution in [2.75, 3.05) is 40.2 Å². The number of ether oxygens (including phenoxy) is 6. The molecule has 0 amide bonds. The number of unbranched alkanes of at least 4 members (excludes halogenated alkanes) is 3. The van der Waals surface area contributed by atoms with E-state index in [2.05, 4.69) is 73.5 Å². The van der Waals surface area contributed by atoms with Gasteiger partial charge in [0.1, 0.15) is 30.0 Å². The molecule has 3 aromatic heterocycles. The van der Waals surface area contributed by atoms with E-state index in [1.54, 1.807) is 40.0 Å². The van der Waals surface area contributed by atoms with Gasteiger partial charge in [0.05, 0.1) is 53.7 Å². The summed E-state index contributed by atoms with van der Waals surface area (Å²) < 4.78 is 70.1. The fourth-order valence-corrected chi connectivity index (χ4v) is 25.1. The van der Waals surface area contributed by atoms with Crippen LogP contribution in [0.2, 0.25) is 18.2 Å². The molecule has 6 fully saturated rings. The van der Waals surface area contributed by atoms with Gasteiger partial charge in [-0.2, -0.15) is 5.26 Å². The molecule has 444 valence electrons. The molecule has 0 aromatic carbocycles. The number of aliphatic hydroxyl groups excluding tert-OH is 1. The molecule has 22 nitrogen and oxygen atoms in total. The third kappa shape index (κ3) is 15.3. The van der Waals surface area contributed by atoms with Crippen LogP contribution in [0.25, 0.3) is 0 Å². The van der Waals surface area contributed by atoms with Crippen molar-refractivity contribution < 1.29 is 43.9 Å². The smallest absolute Gasteiger partial charge is 0.330 e. The van der Waals surface area contributed by atoms with E-state index in [9.17, 15) is 28.8 Å². The number of rotatable bonds is 19. The maximum Gasteiger partial charge on any atom is 0.330 e.